The Kier molecular flexibility index (Phi) is 8.34. The van der Waals surface area contributed by atoms with Crippen molar-refractivity contribution in [2.75, 3.05) is 18.2 Å². The number of nitrogens with zero attached hydrogens (tertiary/aromatic N) is 4. The number of nitrogens with one attached hydrogen (secondary N) is 2. The molecule has 9 heteroatoms. The molecule has 1 atom stereocenters. The Morgan fingerprint density at radius 3 is 2.59 bits per heavy atom. The van der Waals surface area contributed by atoms with Crippen LogP contribution in [-0.2, 0) is 6.54 Å². The van der Waals surface area contributed by atoms with Gasteiger partial charge in [-0.15, -0.1) is 0 Å². The van der Waals surface area contributed by atoms with E-state index in [-0.39, 0.29) is 41.1 Å². The van der Waals surface area contributed by atoms with E-state index in [9.17, 15) is 4.79 Å². The summed E-state index contributed by atoms with van der Waals surface area (Å²) in [7, 11) is 0. The first-order chi connectivity index (χ1) is 13.8. The topological polar surface area (TPSA) is 114 Å². The first-order valence-corrected chi connectivity index (χ1v) is 9.66. The molecule has 0 aliphatic carbocycles. The Hall–Kier alpha value is -2.73. The van der Waals surface area contributed by atoms with Gasteiger partial charge in [-0.2, -0.15) is 10.2 Å². The molecule has 3 N–H and O–H groups in total. The number of aromatic nitrogens is 2. The number of anilines is 1. The molecule has 2 rings (SSSR count). The SMILES string of the molecule is CC(C)CN(NC(=O)c1ccc(CNC(C)CO)cc1)c1nc(C#N)ncc1Cl. The quantitative estimate of drug-likeness (QED) is 0.537. The van der Waals surface area contributed by atoms with Gasteiger partial charge >= 0.3 is 0 Å². The van der Waals surface area contributed by atoms with Crippen molar-refractivity contribution < 1.29 is 9.90 Å². The minimum absolute atomic E-state index is 0.00141. The van der Waals surface area contributed by atoms with Crippen molar-refractivity contribution in [3.05, 3.63) is 52.4 Å². The van der Waals surface area contributed by atoms with Crippen LogP contribution in [0.15, 0.2) is 30.5 Å². The van der Waals surface area contributed by atoms with E-state index < -0.39 is 0 Å². The number of hydrogen-bond acceptors (Lipinski definition) is 7. The van der Waals surface area contributed by atoms with Gasteiger partial charge in [0.15, 0.2) is 5.82 Å². The second-order valence-corrected chi connectivity index (χ2v) is 7.49. The minimum atomic E-state index is -0.318. The second kappa shape index (κ2) is 10.7. The molecule has 1 aromatic heterocycles. The van der Waals surface area contributed by atoms with Gasteiger partial charge in [0, 0.05) is 24.7 Å². The third-order valence-electron chi connectivity index (χ3n) is 4.01. The standard InChI is InChI=1S/C20H25ClN6O2/c1-13(2)11-27(19-17(21)10-24-18(8-22)25-19)26-20(29)16-6-4-15(5-7-16)9-23-14(3)12-28/h4-7,10,13-14,23,28H,9,11-12H2,1-3H3,(H,26,29). The lowest BCUT2D eigenvalue weighted by Crippen LogP contribution is -2.45. The average molecular weight is 417 g/mol. The van der Waals surface area contributed by atoms with Crippen LogP contribution in [0.25, 0.3) is 0 Å². The first kappa shape index (κ1) is 22.6. The maximum atomic E-state index is 12.7. The molecular formula is C20H25ClN6O2. The van der Waals surface area contributed by atoms with Crippen LogP contribution >= 0.6 is 11.6 Å². The summed E-state index contributed by atoms with van der Waals surface area (Å²) in [5.74, 6) is 0.136. The highest BCUT2D eigenvalue weighted by Crippen LogP contribution is 2.22. The third-order valence-corrected chi connectivity index (χ3v) is 4.28. The molecule has 29 heavy (non-hydrogen) atoms. The lowest BCUT2D eigenvalue weighted by molar-refractivity contribution is 0.0947. The van der Waals surface area contributed by atoms with E-state index in [0.717, 1.165) is 5.56 Å². The molecule has 1 heterocycles. The van der Waals surface area contributed by atoms with Gasteiger partial charge < -0.3 is 10.4 Å². The molecule has 0 saturated carbocycles. The molecule has 1 aromatic carbocycles. The van der Waals surface area contributed by atoms with Crippen LogP contribution in [0.4, 0.5) is 5.82 Å². The van der Waals surface area contributed by atoms with E-state index in [2.05, 4.69) is 20.7 Å². The minimum Gasteiger partial charge on any atom is -0.395 e. The van der Waals surface area contributed by atoms with Crippen LogP contribution in [0, 0.1) is 17.2 Å². The van der Waals surface area contributed by atoms with E-state index >= 15 is 0 Å². The number of aliphatic hydroxyl groups excluding tert-OH is 1. The summed E-state index contributed by atoms with van der Waals surface area (Å²) in [5, 5.41) is 23.1. The summed E-state index contributed by atoms with van der Waals surface area (Å²) >= 11 is 6.20. The van der Waals surface area contributed by atoms with Crippen LogP contribution < -0.4 is 15.8 Å². The van der Waals surface area contributed by atoms with Crippen LogP contribution in [0.1, 0.15) is 42.5 Å². The summed E-state index contributed by atoms with van der Waals surface area (Å²) in [6.45, 7) is 6.99. The molecule has 0 aliphatic heterocycles. The molecule has 1 amide bonds. The predicted octanol–water partition coefficient (Wildman–Crippen LogP) is 2.28. The summed E-state index contributed by atoms with van der Waals surface area (Å²) in [6, 6.07) is 9.03. The van der Waals surface area contributed by atoms with Crippen molar-refractivity contribution >= 4 is 23.3 Å². The van der Waals surface area contributed by atoms with Crippen LogP contribution in [0.5, 0.6) is 0 Å². The first-order valence-electron chi connectivity index (χ1n) is 9.28. The highest BCUT2D eigenvalue weighted by Gasteiger charge is 2.18. The van der Waals surface area contributed by atoms with Crippen molar-refractivity contribution in [1.29, 1.82) is 5.26 Å². The zero-order valence-corrected chi connectivity index (χ0v) is 17.4. The summed E-state index contributed by atoms with van der Waals surface area (Å²) in [6.07, 6.45) is 1.34. The molecule has 0 aliphatic rings. The number of rotatable bonds is 9. The highest BCUT2D eigenvalue weighted by molar-refractivity contribution is 6.32. The summed E-state index contributed by atoms with van der Waals surface area (Å²) in [5.41, 5.74) is 4.29. The normalized spacial score (nSPS) is 11.8. The van der Waals surface area contributed by atoms with E-state index in [0.29, 0.717) is 18.7 Å². The maximum Gasteiger partial charge on any atom is 0.269 e. The third kappa shape index (κ3) is 6.68. The van der Waals surface area contributed by atoms with E-state index in [4.69, 9.17) is 22.0 Å². The molecule has 0 bridgehead atoms. The monoisotopic (exact) mass is 416 g/mol. The van der Waals surface area contributed by atoms with Gasteiger partial charge in [0.2, 0.25) is 5.82 Å². The zero-order valence-electron chi connectivity index (χ0n) is 16.7. The maximum absolute atomic E-state index is 12.7. The fourth-order valence-corrected chi connectivity index (χ4v) is 2.66. The van der Waals surface area contributed by atoms with Crippen molar-refractivity contribution in [1.82, 2.24) is 20.7 Å². The van der Waals surface area contributed by atoms with Gasteiger partial charge in [-0.05, 0) is 30.5 Å². The van der Waals surface area contributed by atoms with Crippen molar-refractivity contribution in [3.8, 4) is 6.07 Å². The number of amides is 1. The van der Waals surface area contributed by atoms with Crippen molar-refractivity contribution in [2.24, 2.45) is 5.92 Å². The highest BCUT2D eigenvalue weighted by atomic mass is 35.5. The molecule has 1 unspecified atom stereocenters. The van der Waals surface area contributed by atoms with E-state index in [1.165, 1.54) is 11.2 Å². The van der Waals surface area contributed by atoms with Crippen LogP contribution in [-0.4, -0.2) is 40.2 Å². The van der Waals surface area contributed by atoms with Gasteiger partial charge in [-0.3, -0.25) is 15.2 Å². The number of carbonyl (C=O) groups is 1. The molecule has 154 valence electrons. The van der Waals surface area contributed by atoms with Crippen molar-refractivity contribution in [2.45, 2.75) is 33.4 Å². The Morgan fingerprint density at radius 1 is 1.31 bits per heavy atom. The lowest BCUT2D eigenvalue weighted by Gasteiger charge is -2.26. The molecule has 0 radical (unpaired) electrons. The predicted molar refractivity (Wildman–Crippen MR) is 111 cm³/mol. The second-order valence-electron chi connectivity index (χ2n) is 7.08. The Morgan fingerprint density at radius 2 is 2.00 bits per heavy atom. The largest absolute Gasteiger partial charge is 0.395 e. The fourth-order valence-electron chi connectivity index (χ4n) is 2.47. The van der Waals surface area contributed by atoms with E-state index in [1.807, 2.05) is 39.0 Å². The Balaban J connectivity index is 2.15. The molecular weight excluding hydrogens is 392 g/mol. The number of halogens is 1. The molecule has 0 spiro atoms. The number of benzene rings is 1. The van der Waals surface area contributed by atoms with Gasteiger partial charge in [0.05, 0.1) is 12.8 Å². The molecule has 0 saturated heterocycles. The number of hydrogen-bond donors (Lipinski definition) is 3. The van der Waals surface area contributed by atoms with Crippen LogP contribution in [0.3, 0.4) is 0 Å². The van der Waals surface area contributed by atoms with Gasteiger partial charge in [-0.25, -0.2) is 4.98 Å². The summed E-state index contributed by atoms with van der Waals surface area (Å²) < 4.78 is 0. The molecule has 2 aromatic rings. The Bertz CT molecular complexity index is 866. The van der Waals surface area contributed by atoms with Gasteiger partial charge in [-0.1, -0.05) is 37.6 Å². The van der Waals surface area contributed by atoms with E-state index in [1.54, 1.807) is 12.1 Å². The number of nitriles is 1. The zero-order chi connectivity index (χ0) is 21.4. The smallest absolute Gasteiger partial charge is 0.269 e. The average Bonchev–Trinajstić information content (AvgIpc) is 2.71. The van der Waals surface area contributed by atoms with Gasteiger partial charge in [0.25, 0.3) is 5.91 Å². The lowest BCUT2D eigenvalue weighted by atomic mass is 10.1. The van der Waals surface area contributed by atoms with Crippen LogP contribution in [0.2, 0.25) is 5.02 Å². The van der Waals surface area contributed by atoms with Gasteiger partial charge in [0.1, 0.15) is 11.1 Å². The molecule has 0 fully saturated rings. The van der Waals surface area contributed by atoms with Crippen molar-refractivity contribution in [3.63, 3.8) is 0 Å². The number of aliphatic hydroxyl groups is 1. The number of hydrazine groups is 1. The fraction of sp³-hybridized carbons (Fsp3) is 0.400. The summed E-state index contributed by atoms with van der Waals surface area (Å²) in [4.78, 5) is 20.7. The Labute approximate surface area is 175 Å². The molecule has 8 nitrogen and oxygen atoms in total. The number of carbonyl (C=O) groups excluding carboxylic acids is 1.